The maximum Gasteiger partial charge on any atom is 0.240 e. The quantitative estimate of drug-likeness (QED) is 0.850. The molecule has 1 N–H and O–H groups in total. The van der Waals surface area contributed by atoms with Crippen LogP contribution in [0.5, 0.6) is 5.75 Å². The summed E-state index contributed by atoms with van der Waals surface area (Å²) in [5.74, 6) is 0.667. The Labute approximate surface area is 125 Å². The molecule has 1 heterocycles. The van der Waals surface area contributed by atoms with Crippen LogP contribution in [0.25, 0.3) is 0 Å². The van der Waals surface area contributed by atoms with Crippen LogP contribution in [0.2, 0.25) is 0 Å². The minimum atomic E-state index is -3.47. The lowest BCUT2D eigenvalue weighted by atomic mass is 10.2. The van der Waals surface area contributed by atoms with E-state index in [0.717, 1.165) is 5.56 Å². The minimum Gasteiger partial charge on any atom is -0.494 e. The second kappa shape index (κ2) is 6.78. The molecule has 2 rings (SSSR count). The summed E-state index contributed by atoms with van der Waals surface area (Å²) in [6.45, 7) is 2.82. The number of ether oxygens (including phenoxy) is 1. The maximum absolute atomic E-state index is 12.1. The molecule has 0 saturated carbocycles. The molecule has 0 bridgehead atoms. The largest absolute Gasteiger partial charge is 0.494 e. The van der Waals surface area contributed by atoms with E-state index in [4.69, 9.17) is 4.74 Å². The number of nitrogens with one attached hydrogen (secondary N) is 1. The molecular formula is C15H20N2O3S. The van der Waals surface area contributed by atoms with Gasteiger partial charge in [-0.05, 0) is 49.2 Å². The number of aromatic nitrogens is 1. The third-order valence-corrected chi connectivity index (χ3v) is 4.52. The zero-order valence-corrected chi connectivity index (χ0v) is 13.1. The summed E-state index contributed by atoms with van der Waals surface area (Å²) in [6, 6.07) is 8.40. The lowest BCUT2D eigenvalue weighted by molar-refractivity contribution is 0.340. The molecule has 21 heavy (non-hydrogen) atoms. The molecule has 1 aromatic carbocycles. The summed E-state index contributed by atoms with van der Waals surface area (Å²) in [7, 11) is -1.53. The molecule has 0 atom stereocenters. The summed E-state index contributed by atoms with van der Waals surface area (Å²) in [6.07, 6.45) is 4.58. The van der Waals surface area contributed by atoms with Crippen LogP contribution in [0.15, 0.2) is 47.6 Å². The lowest BCUT2D eigenvalue weighted by Gasteiger charge is -2.07. The van der Waals surface area contributed by atoms with E-state index in [9.17, 15) is 8.42 Å². The Balaban J connectivity index is 1.94. The molecule has 114 valence electrons. The third kappa shape index (κ3) is 4.34. The van der Waals surface area contributed by atoms with E-state index in [2.05, 4.69) is 4.72 Å². The molecule has 0 amide bonds. The Morgan fingerprint density at radius 2 is 1.90 bits per heavy atom. The van der Waals surface area contributed by atoms with Crippen LogP contribution in [-0.2, 0) is 23.5 Å². The first kappa shape index (κ1) is 15.6. The van der Waals surface area contributed by atoms with E-state index in [1.54, 1.807) is 24.3 Å². The molecule has 0 aliphatic carbocycles. The van der Waals surface area contributed by atoms with Gasteiger partial charge in [-0.3, -0.25) is 0 Å². The first-order valence-electron chi connectivity index (χ1n) is 6.84. The Bertz CT molecular complexity index is 675. The van der Waals surface area contributed by atoms with Crippen molar-refractivity contribution in [2.75, 3.05) is 13.2 Å². The normalized spacial score (nSPS) is 11.5. The zero-order chi connectivity index (χ0) is 15.3. The van der Waals surface area contributed by atoms with Crippen molar-refractivity contribution in [1.82, 2.24) is 9.29 Å². The zero-order valence-electron chi connectivity index (χ0n) is 12.2. The number of nitrogens with zero attached hydrogens (tertiary/aromatic N) is 1. The lowest BCUT2D eigenvalue weighted by Crippen LogP contribution is -2.25. The first-order chi connectivity index (χ1) is 10.0. The van der Waals surface area contributed by atoms with Gasteiger partial charge in [0.05, 0.1) is 11.5 Å². The molecule has 0 fully saturated rings. The van der Waals surface area contributed by atoms with E-state index >= 15 is 0 Å². The highest BCUT2D eigenvalue weighted by molar-refractivity contribution is 7.89. The van der Waals surface area contributed by atoms with Crippen molar-refractivity contribution < 1.29 is 13.2 Å². The van der Waals surface area contributed by atoms with Gasteiger partial charge in [0.2, 0.25) is 10.0 Å². The summed E-state index contributed by atoms with van der Waals surface area (Å²) >= 11 is 0. The fourth-order valence-corrected chi connectivity index (χ4v) is 3.04. The van der Waals surface area contributed by atoms with Gasteiger partial charge in [0.15, 0.2) is 0 Å². The number of benzene rings is 1. The molecule has 2 aromatic rings. The molecule has 1 aromatic heterocycles. The van der Waals surface area contributed by atoms with E-state index < -0.39 is 10.0 Å². The van der Waals surface area contributed by atoms with Gasteiger partial charge in [0.25, 0.3) is 0 Å². The van der Waals surface area contributed by atoms with Crippen LogP contribution < -0.4 is 9.46 Å². The van der Waals surface area contributed by atoms with Crippen molar-refractivity contribution in [2.45, 2.75) is 18.2 Å². The molecular weight excluding hydrogens is 288 g/mol. The van der Waals surface area contributed by atoms with Crippen LogP contribution in [0, 0.1) is 0 Å². The van der Waals surface area contributed by atoms with E-state index in [1.807, 2.05) is 37.0 Å². The van der Waals surface area contributed by atoms with Crippen LogP contribution in [-0.4, -0.2) is 26.1 Å². The van der Waals surface area contributed by atoms with Crippen molar-refractivity contribution in [2.24, 2.45) is 7.05 Å². The van der Waals surface area contributed by atoms with Gasteiger partial charge >= 0.3 is 0 Å². The average Bonchev–Trinajstić information content (AvgIpc) is 2.85. The Morgan fingerprint density at radius 1 is 1.19 bits per heavy atom. The first-order valence-corrected chi connectivity index (χ1v) is 8.33. The summed E-state index contributed by atoms with van der Waals surface area (Å²) in [5.41, 5.74) is 1.10. The molecule has 0 spiro atoms. The van der Waals surface area contributed by atoms with Gasteiger partial charge in [0.1, 0.15) is 5.75 Å². The van der Waals surface area contributed by atoms with Crippen LogP contribution in [0.4, 0.5) is 0 Å². The fraction of sp³-hybridized carbons (Fsp3) is 0.333. The van der Waals surface area contributed by atoms with Crippen LogP contribution in [0.3, 0.4) is 0 Å². The third-order valence-electron chi connectivity index (χ3n) is 3.04. The Hall–Kier alpha value is -1.79. The SMILES string of the molecule is CCOc1ccc(S(=O)(=O)NCCc2ccn(C)c2)cc1. The standard InChI is InChI=1S/C15H20N2O3S/c1-3-20-14-4-6-15(7-5-14)21(18,19)16-10-8-13-9-11-17(2)12-13/h4-7,9,11-12,16H,3,8,10H2,1-2H3. The van der Waals surface area contributed by atoms with Gasteiger partial charge in [-0.25, -0.2) is 13.1 Å². The van der Waals surface area contributed by atoms with Crippen molar-refractivity contribution >= 4 is 10.0 Å². The predicted octanol–water partition coefficient (Wildman–Crippen LogP) is 1.94. The highest BCUT2D eigenvalue weighted by Crippen LogP contribution is 2.15. The van der Waals surface area contributed by atoms with E-state index in [-0.39, 0.29) is 4.90 Å². The maximum atomic E-state index is 12.1. The number of hydrogen-bond donors (Lipinski definition) is 1. The van der Waals surface area contributed by atoms with E-state index in [1.165, 1.54) is 0 Å². The fourth-order valence-electron chi connectivity index (χ4n) is 2.00. The van der Waals surface area contributed by atoms with Crippen molar-refractivity contribution in [3.63, 3.8) is 0 Å². The molecule has 6 heteroatoms. The number of sulfonamides is 1. The van der Waals surface area contributed by atoms with E-state index in [0.29, 0.717) is 25.3 Å². The smallest absolute Gasteiger partial charge is 0.240 e. The highest BCUT2D eigenvalue weighted by atomic mass is 32.2. The number of aryl methyl sites for hydroxylation is 1. The summed E-state index contributed by atoms with van der Waals surface area (Å²) < 4.78 is 34.1. The molecule has 0 radical (unpaired) electrons. The Morgan fingerprint density at radius 3 is 2.48 bits per heavy atom. The van der Waals surface area contributed by atoms with Gasteiger partial charge in [0, 0.05) is 26.0 Å². The minimum absolute atomic E-state index is 0.249. The molecule has 5 nitrogen and oxygen atoms in total. The second-order valence-electron chi connectivity index (χ2n) is 4.74. The molecule has 0 unspecified atom stereocenters. The topological polar surface area (TPSA) is 60.3 Å². The van der Waals surface area contributed by atoms with Crippen molar-refractivity contribution in [3.05, 3.63) is 48.3 Å². The van der Waals surface area contributed by atoms with Crippen molar-refractivity contribution in [3.8, 4) is 5.75 Å². The Kier molecular flexibility index (Phi) is 5.03. The van der Waals surface area contributed by atoms with Crippen molar-refractivity contribution in [1.29, 1.82) is 0 Å². The molecule has 0 saturated heterocycles. The van der Waals surface area contributed by atoms with Gasteiger partial charge in [-0.15, -0.1) is 0 Å². The van der Waals surface area contributed by atoms with Gasteiger partial charge in [-0.2, -0.15) is 0 Å². The predicted molar refractivity (Wildman–Crippen MR) is 81.9 cm³/mol. The van der Waals surface area contributed by atoms with Gasteiger partial charge < -0.3 is 9.30 Å². The second-order valence-corrected chi connectivity index (χ2v) is 6.50. The monoisotopic (exact) mass is 308 g/mol. The average molecular weight is 308 g/mol. The highest BCUT2D eigenvalue weighted by Gasteiger charge is 2.13. The summed E-state index contributed by atoms with van der Waals surface area (Å²) in [4.78, 5) is 0.249. The van der Waals surface area contributed by atoms with Crippen LogP contribution in [0.1, 0.15) is 12.5 Å². The molecule has 0 aliphatic heterocycles. The van der Waals surface area contributed by atoms with Crippen LogP contribution >= 0.6 is 0 Å². The number of hydrogen-bond acceptors (Lipinski definition) is 3. The van der Waals surface area contributed by atoms with Gasteiger partial charge in [-0.1, -0.05) is 0 Å². The summed E-state index contributed by atoms with van der Waals surface area (Å²) in [5, 5.41) is 0. The molecule has 0 aliphatic rings. The number of rotatable bonds is 7.